The Morgan fingerprint density at radius 2 is 2.11 bits per heavy atom. The Labute approximate surface area is 114 Å². The molecule has 1 aliphatic carbocycles. The van der Waals surface area contributed by atoms with Crippen molar-refractivity contribution in [3.63, 3.8) is 0 Å². The molecule has 1 rings (SSSR count). The number of carbonyl (C=O) groups is 2. The fraction of sp³-hybridized carbons (Fsp3) is 0.833. The normalized spacial score (nSPS) is 24.6. The molecule has 1 aliphatic rings. The molecule has 0 aromatic carbocycles. The number of ether oxygens (including phenoxy) is 1. The first-order valence-electron chi connectivity index (χ1n) is 6.22. The Kier molecular flexibility index (Phi) is 7.95. The molecule has 106 valence electrons. The largest absolute Gasteiger partial charge is 0.467 e. The highest BCUT2D eigenvalue weighted by Crippen LogP contribution is 2.23. The third-order valence-corrected chi connectivity index (χ3v) is 3.30. The van der Waals surface area contributed by atoms with Crippen LogP contribution in [0.25, 0.3) is 0 Å². The zero-order valence-corrected chi connectivity index (χ0v) is 11.8. The minimum absolute atomic E-state index is 0. The molecule has 0 spiro atoms. The monoisotopic (exact) mass is 278 g/mol. The lowest BCUT2D eigenvalue weighted by Gasteiger charge is -2.27. The van der Waals surface area contributed by atoms with Gasteiger partial charge in [-0.25, -0.2) is 4.79 Å². The van der Waals surface area contributed by atoms with Crippen molar-refractivity contribution >= 4 is 24.3 Å². The SMILES string of the molecule is CCC(NC(=O)C1CCCC(N)C1)C(=O)OC.Cl. The molecule has 3 atom stereocenters. The van der Waals surface area contributed by atoms with Crippen LogP contribution in [0.5, 0.6) is 0 Å². The van der Waals surface area contributed by atoms with E-state index in [1.54, 1.807) is 0 Å². The predicted molar refractivity (Wildman–Crippen MR) is 71.4 cm³/mol. The van der Waals surface area contributed by atoms with Gasteiger partial charge in [0.2, 0.25) is 5.91 Å². The van der Waals surface area contributed by atoms with Crippen molar-refractivity contribution < 1.29 is 14.3 Å². The Morgan fingerprint density at radius 3 is 2.61 bits per heavy atom. The van der Waals surface area contributed by atoms with Gasteiger partial charge in [-0.05, 0) is 25.7 Å². The van der Waals surface area contributed by atoms with E-state index in [0.29, 0.717) is 12.8 Å². The average Bonchev–Trinajstić information content (AvgIpc) is 2.34. The van der Waals surface area contributed by atoms with Crippen molar-refractivity contribution in [1.82, 2.24) is 5.32 Å². The number of nitrogens with one attached hydrogen (secondary N) is 1. The summed E-state index contributed by atoms with van der Waals surface area (Å²) in [5.74, 6) is -0.518. The van der Waals surface area contributed by atoms with Gasteiger partial charge >= 0.3 is 5.97 Å². The van der Waals surface area contributed by atoms with E-state index < -0.39 is 6.04 Å². The maximum Gasteiger partial charge on any atom is 0.328 e. The number of amides is 1. The average molecular weight is 279 g/mol. The van der Waals surface area contributed by atoms with E-state index in [9.17, 15) is 9.59 Å². The first-order valence-corrected chi connectivity index (χ1v) is 6.22. The molecule has 0 bridgehead atoms. The molecule has 1 amide bonds. The minimum atomic E-state index is -0.536. The van der Waals surface area contributed by atoms with Crippen molar-refractivity contribution in [1.29, 1.82) is 0 Å². The highest BCUT2D eigenvalue weighted by molar-refractivity contribution is 5.86. The first kappa shape index (κ1) is 17.2. The highest BCUT2D eigenvalue weighted by Gasteiger charge is 2.28. The van der Waals surface area contributed by atoms with Gasteiger partial charge in [-0.15, -0.1) is 12.4 Å². The maximum atomic E-state index is 12.0. The van der Waals surface area contributed by atoms with E-state index in [2.05, 4.69) is 10.1 Å². The van der Waals surface area contributed by atoms with E-state index in [1.807, 2.05) is 6.92 Å². The van der Waals surface area contributed by atoms with Crippen molar-refractivity contribution in [3.05, 3.63) is 0 Å². The lowest BCUT2D eigenvalue weighted by Crippen LogP contribution is -2.45. The summed E-state index contributed by atoms with van der Waals surface area (Å²) in [6.45, 7) is 1.84. The maximum absolute atomic E-state index is 12.0. The summed E-state index contributed by atoms with van der Waals surface area (Å²) in [5.41, 5.74) is 5.84. The van der Waals surface area contributed by atoms with Gasteiger partial charge in [-0.3, -0.25) is 4.79 Å². The summed E-state index contributed by atoms with van der Waals surface area (Å²) in [6.07, 6.45) is 4.07. The molecule has 0 saturated heterocycles. The van der Waals surface area contributed by atoms with Crippen molar-refractivity contribution in [3.8, 4) is 0 Å². The van der Waals surface area contributed by atoms with E-state index >= 15 is 0 Å². The number of hydrogen-bond acceptors (Lipinski definition) is 4. The Hall–Kier alpha value is -0.810. The number of hydrogen-bond donors (Lipinski definition) is 2. The summed E-state index contributed by atoms with van der Waals surface area (Å²) >= 11 is 0. The molecule has 6 heteroatoms. The number of methoxy groups -OCH3 is 1. The third-order valence-electron chi connectivity index (χ3n) is 3.30. The van der Waals surface area contributed by atoms with Crippen LogP contribution in [-0.2, 0) is 14.3 Å². The predicted octanol–water partition coefficient (Wildman–Crippen LogP) is 0.994. The van der Waals surface area contributed by atoms with Crippen LogP contribution in [0.4, 0.5) is 0 Å². The van der Waals surface area contributed by atoms with Crippen LogP contribution in [0.3, 0.4) is 0 Å². The second kappa shape index (κ2) is 8.32. The molecular formula is C12H23ClN2O3. The molecule has 3 unspecified atom stereocenters. The third kappa shape index (κ3) is 4.82. The number of nitrogens with two attached hydrogens (primary N) is 1. The zero-order valence-electron chi connectivity index (χ0n) is 11.0. The minimum Gasteiger partial charge on any atom is -0.467 e. The van der Waals surface area contributed by atoms with Gasteiger partial charge in [0.25, 0.3) is 0 Å². The fourth-order valence-corrected chi connectivity index (χ4v) is 2.23. The number of carbonyl (C=O) groups excluding carboxylic acids is 2. The summed E-state index contributed by atoms with van der Waals surface area (Å²) in [6, 6.07) is -0.427. The molecule has 0 aromatic rings. The molecule has 5 nitrogen and oxygen atoms in total. The quantitative estimate of drug-likeness (QED) is 0.752. The molecule has 1 saturated carbocycles. The Bertz CT molecular complexity index is 286. The van der Waals surface area contributed by atoms with Gasteiger partial charge in [-0.2, -0.15) is 0 Å². The van der Waals surface area contributed by atoms with Gasteiger partial charge in [-0.1, -0.05) is 13.3 Å². The van der Waals surface area contributed by atoms with Gasteiger partial charge in [0.05, 0.1) is 7.11 Å². The standard InChI is InChI=1S/C12H22N2O3.ClH/c1-3-10(12(16)17-2)14-11(15)8-5-4-6-9(13)7-8;/h8-10H,3-7,13H2,1-2H3,(H,14,15);1H. The Morgan fingerprint density at radius 1 is 1.44 bits per heavy atom. The summed E-state index contributed by atoms with van der Waals surface area (Å²) in [7, 11) is 1.33. The van der Waals surface area contributed by atoms with Gasteiger partial charge < -0.3 is 15.8 Å². The van der Waals surface area contributed by atoms with Crippen LogP contribution in [0, 0.1) is 5.92 Å². The van der Waals surface area contributed by atoms with Crippen molar-refractivity contribution in [2.45, 2.75) is 51.1 Å². The molecule has 3 N–H and O–H groups in total. The second-order valence-electron chi connectivity index (χ2n) is 4.62. The van der Waals surface area contributed by atoms with Crippen molar-refractivity contribution in [2.24, 2.45) is 11.7 Å². The summed E-state index contributed by atoms with van der Waals surface area (Å²) < 4.78 is 4.63. The van der Waals surface area contributed by atoms with Crippen LogP contribution in [0.15, 0.2) is 0 Å². The number of esters is 1. The van der Waals surface area contributed by atoms with Crippen LogP contribution in [-0.4, -0.2) is 31.1 Å². The van der Waals surface area contributed by atoms with E-state index in [4.69, 9.17) is 5.73 Å². The zero-order chi connectivity index (χ0) is 12.8. The van der Waals surface area contributed by atoms with E-state index in [1.165, 1.54) is 7.11 Å². The lowest BCUT2D eigenvalue weighted by molar-refractivity contribution is -0.145. The molecule has 0 radical (unpaired) electrons. The second-order valence-corrected chi connectivity index (χ2v) is 4.62. The summed E-state index contributed by atoms with van der Waals surface area (Å²) in [5, 5.41) is 2.74. The topological polar surface area (TPSA) is 81.4 Å². The molecule has 18 heavy (non-hydrogen) atoms. The van der Waals surface area contributed by atoms with Crippen molar-refractivity contribution in [2.75, 3.05) is 7.11 Å². The molecule has 0 aliphatic heterocycles. The van der Waals surface area contributed by atoms with E-state index in [-0.39, 0.29) is 36.2 Å². The smallest absolute Gasteiger partial charge is 0.328 e. The van der Waals surface area contributed by atoms with Gasteiger partial charge in [0.15, 0.2) is 0 Å². The van der Waals surface area contributed by atoms with Gasteiger partial charge in [0.1, 0.15) is 6.04 Å². The van der Waals surface area contributed by atoms with Crippen LogP contribution in [0.2, 0.25) is 0 Å². The van der Waals surface area contributed by atoms with Crippen LogP contribution >= 0.6 is 12.4 Å². The lowest BCUT2D eigenvalue weighted by atomic mass is 9.85. The first-order chi connectivity index (χ1) is 8.08. The van der Waals surface area contributed by atoms with Crippen LogP contribution in [0.1, 0.15) is 39.0 Å². The summed E-state index contributed by atoms with van der Waals surface area (Å²) in [4.78, 5) is 23.3. The molecule has 0 heterocycles. The number of halogens is 1. The Balaban J connectivity index is 0.00000289. The fourth-order valence-electron chi connectivity index (χ4n) is 2.23. The van der Waals surface area contributed by atoms with Gasteiger partial charge in [0, 0.05) is 12.0 Å². The molecule has 1 fully saturated rings. The number of rotatable bonds is 4. The molecule has 0 aromatic heterocycles. The van der Waals surface area contributed by atoms with E-state index in [0.717, 1.165) is 19.3 Å². The van der Waals surface area contributed by atoms with Crippen LogP contribution < -0.4 is 11.1 Å². The highest BCUT2D eigenvalue weighted by atomic mass is 35.5. The molecular weight excluding hydrogens is 256 g/mol.